The molecule has 1 saturated carbocycles. The highest BCUT2D eigenvalue weighted by molar-refractivity contribution is 5.80. The molecular weight excluding hydrogens is 374 g/mol. The van der Waals surface area contributed by atoms with Crippen molar-refractivity contribution >= 4 is 17.6 Å². The summed E-state index contributed by atoms with van der Waals surface area (Å²) in [5.41, 5.74) is 2.52. The number of aliphatic imine (C=N–C) groups is 1. The molecule has 1 aromatic carbocycles. The zero-order valence-electron chi connectivity index (χ0n) is 18.8. The lowest BCUT2D eigenvalue weighted by Gasteiger charge is -2.33. The minimum atomic E-state index is 0.299. The molecule has 0 radical (unpaired) electrons. The molecule has 2 N–H and O–H groups in total. The normalized spacial score (nSPS) is 18.0. The summed E-state index contributed by atoms with van der Waals surface area (Å²) in [4.78, 5) is 20.8. The predicted molar refractivity (Wildman–Crippen MR) is 125 cm³/mol. The molecule has 1 saturated heterocycles. The van der Waals surface area contributed by atoms with Crippen molar-refractivity contribution in [3.8, 4) is 0 Å². The molecule has 166 valence electrons. The molecule has 2 aliphatic rings. The first-order chi connectivity index (χ1) is 14.7. The number of hydrogen-bond acceptors (Lipinski definition) is 3. The predicted octanol–water partition coefficient (Wildman–Crippen LogP) is 3.52. The van der Waals surface area contributed by atoms with E-state index < -0.39 is 0 Å². The van der Waals surface area contributed by atoms with Crippen LogP contribution in [-0.4, -0.2) is 56.0 Å². The zero-order valence-corrected chi connectivity index (χ0v) is 18.8. The van der Waals surface area contributed by atoms with E-state index in [0.717, 1.165) is 45.0 Å². The number of amides is 1. The van der Waals surface area contributed by atoms with Crippen molar-refractivity contribution < 1.29 is 4.79 Å². The Balaban J connectivity index is 1.45. The Morgan fingerprint density at radius 2 is 1.90 bits per heavy atom. The molecule has 1 amide bonds. The third-order valence-corrected chi connectivity index (χ3v) is 6.30. The van der Waals surface area contributed by atoms with Crippen LogP contribution in [0.25, 0.3) is 0 Å². The van der Waals surface area contributed by atoms with E-state index in [1.54, 1.807) is 0 Å². The van der Waals surface area contributed by atoms with E-state index in [1.807, 2.05) is 4.90 Å². The number of carbonyl (C=O) groups is 1. The summed E-state index contributed by atoms with van der Waals surface area (Å²) in [5, 5.41) is 6.71. The zero-order chi connectivity index (χ0) is 21.2. The Bertz CT molecular complexity index is 681. The number of hydrogen-bond donors (Lipinski definition) is 2. The fraction of sp³-hybridized carbons (Fsp3) is 0.667. The van der Waals surface area contributed by atoms with Crippen molar-refractivity contribution in [2.24, 2.45) is 4.99 Å². The standard InChI is InChI=1S/C24H39N5O/c1-3-25-24(26-16-8-18-29-17-7-11-23(29)30)27-19-20-12-14-22(15-13-20)28(2)21-9-5-4-6-10-21/h12-15,21H,3-11,16-19H2,1-2H3,(H2,25,26,27). The second-order valence-electron chi connectivity index (χ2n) is 8.53. The summed E-state index contributed by atoms with van der Waals surface area (Å²) < 4.78 is 0. The quantitative estimate of drug-likeness (QED) is 0.369. The fourth-order valence-electron chi connectivity index (χ4n) is 4.44. The van der Waals surface area contributed by atoms with E-state index in [2.05, 4.69) is 53.8 Å². The summed E-state index contributed by atoms with van der Waals surface area (Å²) >= 11 is 0. The van der Waals surface area contributed by atoms with Crippen LogP contribution in [0.3, 0.4) is 0 Å². The summed E-state index contributed by atoms with van der Waals surface area (Å²) in [6.45, 7) is 6.14. The molecule has 6 heteroatoms. The molecule has 30 heavy (non-hydrogen) atoms. The van der Waals surface area contributed by atoms with Gasteiger partial charge in [0.15, 0.2) is 5.96 Å². The van der Waals surface area contributed by atoms with Crippen LogP contribution in [0.15, 0.2) is 29.3 Å². The molecule has 1 aromatic rings. The Hall–Kier alpha value is -2.24. The number of nitrogens with zero attached hydrogens (tertiary/aromatic N) is 3. The van der Waals surface area contributed by atoms with Gasteiger partial charge in [-0.25, -0.2) is 4.99 Å². The lowest BCUT2D eigenvalue weighted by Crippen LogP contribution is -2.39. The van der Waals surface area contributed by atoms with Gasteiger partial charge in [0.05, 0.1) is 6.54 Å². The van der Waals surface area contributed by atoms with Gasteiger partial charge in [-0.05, 0) is 50.3 Å². The largest absolute Gasteiger partial charge is 0.372 e. The van der Waals surface area contributed by atoms with Crippen LogP contribution in [0.4, 0.5) is 5.69 Å². The van der Waals surface area contributed by atoms with Gasteiger partial charge >= 0.3 is 0 Å². The van der Waals surface area contributed by atoms with E-state index in [-0.39, 0.29) is 0 Å². The third-order valence-electron chi connectivity index (χ3n) is 6.30. The van der Waals surface area contributed by atoms with Gasteiger partial charge in [0.25, 0.3) is 0 Å². The summed E-state index contributed by atoms with van der Waals surface area (Å²) in [7, 11) is 2.23. The number of carbonyl (C=O) groups excluding carboxylic acids is 1. The smallest absolute Gasteiger partial charge is 0.222 e. The fourth-order valence-corrected chi connectivity index (χ4v) is 4.44. The van der Waals surface area contributed by atoms with Crippen LogP contribution in [-0.2, 0) is 11.3 Å². The van der Waals surface area contributed by atoms with E-state index >= 15 is 0 Å². The van der Waals surface area contributed by atoms with E-state index in [1.165, 1.54) is 43.4 Å². The molecule has 2 fully saturated rings. The number of guanidine groups is 1. The van der Waals surface area contributed by atoms with Gasteiger partial charge in [0, 0.05) is 51.4 Å². The molecule has 0 atom stereocenters. The maximum absolute atomic E-state index is 11.7. The van der Waals surface area contributed by atoms with Crippen LogP contribution in [0.5, 0.6) is 0 Å². The number of anilines is 1. The van der Waals surface area contributed by atoms with Crippen LogP contribution in [0.2, 0.25) is 0 Å². The molecule has 0 spiro atoms. The van der Waals surface area contributed by atoms with E-state index in [0.29, 0.717) is 24.9 Å². The molecule has 3 rings (SSSR count). The maximum atomic E-state index is 11.7. The molecule has 1 aliphatic carbocycles. The highest BCUT2D eigenvalue weighted by atomic mass is 16.2. The van der Waals surface area contributed by atoms with Gasteiger partial charge in [0.1, 0.15) is 0 Å². The summed E-state index contributed by atoms with van der Waals surface area (Å²) in [6.07, 6.45) is 9.39. The van der Waals surface area contributed by atoms with Gasteiger partial charge in [-0.1, -0.05) is 31.4 Å². The summed E-state index contributed by atoms with van der Waals surface area (Å²) in [6, 6.07) is 9.53. The van der Waals surface area contributed by atoms with Crippen LogP contribution in [0.1, 0.15) is 63.9 Å². The molecule has 0 unspecified atom stereocenters. The molecular formula is C24H39N5O. The molecule has 1 heterocycles. The summed E-state index contributed by atoms with van der Waals surface area (Å²) in [5.74, 6) is 1.14. The number of rotatable bonds is 9. The Morgan fingerprint density at radius 1 is 1.13 bits per heavy atom. The third kappa shape index (κ3) is 6.64. The van der Waals surface area contributed by atoms with Crippen molar-refractivity contribution in [2.45, 2.75) is 70.9 Å². The van der Waals surface area contributed by atoms with Gasteiger partial charge in [-0.15, -0.1) is 0 Å². The van der Waals surface area contributed by atoms with Crippen molar-refractivity contribution in [2.75, 3.05) is 38.1 Å². The average Bonchev–Trinajstić information content (AvgIpc) is 3.20. The van der Waals surface area contributed by atoms with E-state index in [9.17, 15) is 4.79 Å². The first kappa shape index (κ1) is 22.4. The second kappa shape index (κ2) is 11.8. The minimum Gasteiger partial charge on any atom is -0.372 e. The monoisotopic (exact) mass is 413 g/mol. The van der Waals surface area contributed by atoms with Gasteiger partial charge in [-0.2, -0.15) is 0 Å². The molecule has 0 aromatic heterocycles. The van der Waals surface area contributed by atoms with Gasteiger partial charge in [0.2, 0.25) is 5.91 Å². The average molecular weight is 414 g/mol. The maximum Gasteiger partial charge on any atom is 0.222 e. The van der Waals surface area contributed by atoms with Crippen molar-refractivity contribution in [1.82, 2.24) is 15.5 Å². The lowest BCUT2D eigenvalue weighted by atomic mass is 9.94. The van der Waals surface area contributed by atoms with Crippen molar-refractivity contribution in [3.05, 3.63) is 29.8 Å². The van der Waals surface area contributed by atoms with Crippen LogP contribution >= 0.6 is 0 Å². The topological polar surface area (TPSA) is 60.0 Å². The SMILES string of the molecule is CCNC(=NCc1ccc(N(C)C2CCCCC2)cc1)NCCCN1CCCC1=O. The van der Waals surface area contributed by atoms with Crippen LogP contribution in [0, 0.1) is 0 Å². The molecule has 6 nitrogen and oxygen atoms in total. The highest BCUT2D eigenvalue weighted by Gasteiger charge is 2.19. The highest BCUT2D eigenvalue weighted by Crippen LogP contribution is 2.26. The lowest BCUT2D eigenvalue weighted by molar-refractivity contribution is -0.127. The number of likely N-dealkylation sites (tertiary alicyclic amines) is 1. The van der Waals surface area contributed by atoms with Crippen LogP contribution < -0.4 is 15.5 Å². The van der Waals surface area contributed by atoms with E-state index in [4.69, 9.17) is 4.99 Å². The Kier molecular flexibility index (Phi) is 8.84. The van der Waals surface area contributed by atoms with Gasteiger partial charge in [-0.3, -0.25) is 4.79 Å². The van der Waals surface area contributed by atoms with Gasteiger partial charge < -0.3 is 20.4 Å². The number of nitrogens with one attached hydrogen (secondary N) is 2. The second-order valence-corrected chi connectivity index (χ2v) is 8.53. The molecule has 0 bridgehead atoms. The Labute approximate surface area is 182 Å². The van der Waals surface area contributed by atoms with Crippen molar-refractivity contribution in [3.63, 3.8) is 0 Å². The minimum absolute atomic E-state index is 0.299. The number of benzene rings is 1. The first-order valence-electron chi connectivity index (χ1n) is 11.8. The first-order valence-corrected chi connectivity index (χ1v) is 11.8. The Morgan fingerprint density at radius 3 is 2.57 bits per heavy atom. The van der Waals surface area contributed by atoms with Crippen molar-refractivity contribution in [1.29, 1.82) is 0 Å². The molecule has 1 aliphatic heterocycles.